The third-order valence-electron chi connectivity index (χ3n) is 4.80. The van der Waals surface area contributed by atoms with Crippen LogP contribution in [0.4, 0.5) is 0 Å². The predicted octanol–water partition coefficient (Wildman–Crippen LogP) is 2.99. The molecule has 1 fully saturated rings. The first-order valence-electron chi connectivity index (χ1n) is 8.81. The van der Waals surface area contributed by atoms with Crippen LogP contribution in [0, 0.1) is 17.8 Å². The highest BCUT2D eigenvalue weighted by molar-refractivity contribution is 7.96. The van der Waals surface area contributed by atoms with E-state index in [0.29, 0.717) is 18.3 Å². The van der Waals surface area contributed by atoms with Gasteiger partial charge in [-0.25, -0.2) is 4.79 Å². The van der Waals surface area contributed by atoms with Crippen LogP contribution in [0.5, 0.6) is 0 Å². The molecule has 0 bridgehead atoms. The summed E-state index contributed by atoms with van der Waals surface area (Å²) >= 11 is 7.37. The van der Waals surface area contributed by atoms with Crippen molar-refractivity contribution in [3.63, 3.8) is 0 Å². The van der Waals surface area contributed by atoms with Crippen LogP contribution in [-0.2, 0) is 28.7 Å². The molecule has 1 aliphatic rings. The van der Waals surface area contributed by atoms with E-state index in [4.69, 9.17) is 9.47 Å². The van der Waals surface area contributed by atoms with Crippen molar-refractivity contribution in [1.29, 1.82) is 0 Å². The molecule has 0 amide bonds. The molecular weight excluding hydrogens is 376 g/mol. The van der Waals surface area contributed by atoms with E-state index in [-0.39, 0.29) is 12.0 Å². The van der Waals surface area contributed by atoms with Crippen LogP contribution < -0.4 is 0 Å². The van der Waals surface area contributed by atoms with E-state index < -0.39 is 40.6 Å². The Bertz CT molecular complexity index is 519. The summed E-state index contributed by atoms with van der Waals surface area (Å²) in [5.74, 6) is -0.806. The molecule has 3 atom stereocenters. The molecule has 3 unspecified atom stereocenters. The van der Waals surface area contributed by atoms with E-state index in [2.05, 4.69) is 46.0 Å². The molecule has 148 valence electrons. The quantitative estimate of drug-likeness (QED) is 0.478. The second kappa shape index (κ2) is 9.78. The Hall–Kier alpha value is -1.02. The van der Waals surface area contributed by atoms with Crippen molar-refractivity contribution in [3.8, 4) is 0 Å². The third kappa shape index (κ3) is 6.61. The van der Waals surface area contributed by atoms with Gasteiger partial charge in [0.2, 0.25) is 5.60 Å². The Balaban J connectivity index is 3.13. The molecule has 0 aromatic heterocycles. The normalized spacial score (nSPS) is 23.4. The Morgan fingerprint density at radius 2 is 1.62 bits per heavy atom. The molecule has 0 aromatic rings. The standard InChI is InChI=1S/C18H28O6S2/c1-10(2)13-6-5-11(3)7-14(13)23-17(22)18(8-15(20)25,9-16(21)26)24-12(4)19/h10-11,13-14H,5-9H2,1-4H3,(H,20,25)(H,21,26). The van der Waals surface area contributed by atoms with Gasteiger partial charge in [0.1, 0.15) is 6.10 Å². The minimum atomic E-state index is -2.02. The summed E-state index contributed by atoms with van der Waals surface area (Å²) in [5, 5.41) is -1.37. The highest BCUT2D eigenvalue weighted by atomic mass is 32.1. The van der Waals surface area contributed by atoms with Gasteiger partial charge in [0.25, 0.3) is 0 Å². The van der Waals surface area contributed by atoms with Gasteiger partial charge < -0.3 is 9.47 Å². The number of hydrogen-bond donors (Lipinski definition) is 2. The van der Waals surface area contributed by atoms with Crippen LogP contribution in [0.3, 0.4) is 0 Å². The van der Waals surface area contributed by atoms with Crippen LogP contribution in [0.15, 0.2) is 0 Å². The van der Waals surface area contributed by atoms with E-state index in [1.807, 2.05) is 0 Å². The maximum atomic E-state index is 12.9. The summed E-state index contributed by atoms with van der Waals surface area (Å²) in [7, 11) is 0. The van der Waals surface area contributed by atoms with Crippen LogP contribution in [0.2, 0.25) is 0 Å². The molecule has 26 heavy (non-hydrogen) atoms. The first-order valence-corrected chi connectivity index (χ1v) is 9.70. The van der Waals surface area contributed by atoms with Crippen LogP contribution in [0.25, 0.3) is 0 Å². The zero-order valence-electron chi connectivity index (χ0n) is 15.7. The highest BCUT2D eigenvalue weighted by Crippen LogP contribution is 2.37. The molecule has 1 rings (SSSR count). The van der Waals surface area contributed by atoms with Gasteiger partial charge in [0.15, 0.2) is 10.2 Å². The fourth-order valence-corrected chi connectivity index (χ4v) is 4.09. The average molecular weight is 405 g/mol. The van der Waals surface area contributed by atoms with Crippen molar-refractivity contribution in [1.82, 2.24) is 0 Å². The lowest BCUT2D eigenvalue weighted by Crippen LogP contribution is -2.49. The summed E-state index contributed by atoms with van der Waals surface area (Å²) in [6.07, 6.45) is 1.22. The highest BCUT2D eigenvalue weighted by Gasteiger charge is 2.48. The molecule has 0 saturated heterocycles. The number of hydrogen-bond acceptors (Lipinski definition) is 6. The Kier molecular flexibility index (Phi) is 8.66. The Morgan fingerprint density at radius 3 is 2.04 bits per heavy atom. The lowest BCUT2D eigenvalue weighted by molar-refractivity contribution is -0.191. The third-order valence-corrected chi connectivity index (χ3v) is 5.12. The van der Waals surface area contributed by atoms with Gasteiger partial charge in [-0.3, -0.25) is 14.4 Å². The Labute approximate surface area is 165 Å². The summed E-state index contributed by atoms with van der Waals surface area (Å²) < 4.78 is 10.8. The van der Waals surface area contributed by atoms with E-state index >= 15 is 0 Å². The molecule has 6 nitrogen and oxygen atoms in total. The van der Waals surface area contributed by atoms with Crippen molar-refractivity contribution in [2.45, 2.75) is 71.5 Å². The molecule has 1 saturated carbocycles. The van der Waals surface area contributed by atoms with Crippen molar-refractivity contribution in [3.05, 3.63) is 0 Å². The zero-order chi connectivity index (χ0) is 20.1. The number of ether oxygens (including phenoxy) is 2. The van der Waals surface area contributed by atoms with E-state index in [1.165, 1.54) is 0 Å². The van der Waals surface area contributed by atoms with E-state index in [0.717, 1.165) is 19.8 Å². The molecule has 1 aliphatic carbocycles. The van der Waals surface area contributed by atoms with Crippen LogP contribution >= 0.6 is 25.3 Å². The van der Waals surface area contributed by atoms with Crippen molar-refractivity contribution in [2.75, 3.05) is 0 Å². The summed E-state index contributed by atoms with van der Waals surface area (Å²) in [5.41, 5.74) is -2.02. The summed E-state index contributed by atoms with van der Waals surface area (Å²) in [6.45, 7) is 7.32. The minimum Gasteiger partial charge on any atom is -0.459 e. The van der Waals surface area contributed by atoms with Crippen molar-refractivity contribution < 1.29 is 28.7 Å². The smallest absolute Gasteiger partial charge is 0.351 e. The van der Waals surface area contributed by atoms with Crippen LogP contribution in [0.1, 0.15) is 59.8 Å². The topological polar surface area (TPSA) is 86.7 Å². The minimum absolute atomic E-state index is 0.170. The second-order valence-corrected chi connectivity index (χ2v) is 8.50. The molecule has 0 aromatic carbocycles. The summed E-state index contributed by atoms with van der Waals surface area (Å²) in [4.78, 5) is 47.6. The molecule has 8 heteroatoms. The predicted molar refractivity (Wildman–Crippen MR) is 103 cm³/mol. The summed E-state index contributed by atoms with van der Waals surface area (Å²) in [6, 6.07) is 0. The number of esters is 2. The van der Waals surface area contributed by atoms with Gasteiger partial charge >= 0.3 is 11.9 Å². The SMILES string of the molecule is CC(=O)OC(CC(=O)S)(CC(=O)S)C(=O)OC1CC(C)CCC1C(C)C. The maximum Gasteiger partial charge on any atom is 0.351 e. The Morgan fingerprint density at radius 1 is 1.08 bits per heavy atom. The molecule has 0 N–H and O–H groups in total. The van der Waals surface area contributed by atoms with Crippen LogP contribution in [-0.4, -0.2) is 33.9 Å². The van der Waals surface area contributed by atoms with E-state index in [1.54, 1.807) is 0 Å². The molecule has 0 heterocycles. The number of rotatable bonds is 8. The van der Waals surface area contributed by atoms with E-state index in [9.17, 15) is 19.2 Å². The fourth-order valence-electron chi connectivity index (χ4n) is 3.58. The second-order valence-electron chi connectivity index (χ2n) is 7.50. The largest absolute Gasteiger partial charge is 0.459 e. The average Bonchev–Trinajstić information content (AvgIpc) is 2.44. The molecule has 0 spiro atoms. The first kappa shape index (κ1) is 23.0. The number of thiol groups is 2. The van der Waals surface area contributed by atoms with Gasteiger partial charge in [-0.05, 0) is 30.6 Å². The first-order chi connectivity index (χ1) is 12.0. The lowest BCUT2D eigenvalue weighted by atomic mass is 9.75. The monoisotopic (exact) mass is 404 g/mol. The maximum absolute atomic E-state index is 12.9. The molecule has 0 aliphatic heterocycles. The number of carbonyl (C=O) groups excluding carboxylic acids is 4. The fraction of sp³-hybridized carbons (Fsp3) is 0.778. The van der Waals surface area contributed by atoms with Gasteiger partial charge in [0, 0.05) is 6.92 Å². The van der Waals surface area contributed by atoms with Gasteiger partial charge in [0.05, 0.1) is 12.8 Å². The van der Waals surface area contributed by atoms with Gasteiger partial charge in [-0.15, -0.1) is 25.3 Å². The van der Waals surface area contributed by atoms with Gasteiger partial charge in [-0.1, -0.05) is 27.2 Å². The lowest BCUT2D eigenvalue weighted by Gasteiger charge is -2.39. The zero-order valence-corrected chi connectivity index (χ0v) is 17.5. The molecular formula is C18H28O6S2. The van der Waals surface area contributed by atoms with Crippen molar-refractivity contribution in [2.24, 2.45) is 17.8 Å². The van der Waals surface area contributed by atoms with Crippen molar-refractivity contribution >= 4 is 47.4 Å². The molecule has 0 radical (unpaired) electrons. The van der Waals surface area contributed by atoms with Gasteiger partial charge in [-0.2, -0.15) is 0 Å². The number of carbonyl (C=O) groups is 4.